The molecule has 1 aliphatic heterocycles. The molecule has 0 radical (unpaired) electrons. The Hall–Kier alpha value is -3.41. The normalized spacial score (nSPS) is 14.2. The summed E-state index contributed by atoms with van der Waals surface area (Å²) in [7, 11) is 0. The standard InChI is InChI=1S/C22H20FN3O2/c23-18-9-3-4-11-20(18)25-12-14-26(15-13-25)22(28)21(27)24-19-10-5-7-16-6-1-2-8-17(16)19/h1-11H,12-15H2,(H,24,27). The van der Waals surface area contributed by atoms with Crippen LogP contribution in [0.2, 0.25) is 0 Å². The summed E-state index contributed by atoms with van der Waals surface area (Å²) in [5.41, 5.74) is 1.14. The van der Waals surface area contributed by atoms with Gasteiger partial charge in [0.05, 0.1) is 5.69 Å². The van der Waals surface area contributed by atoms with Crippen molar-refractivity contribution in [1.82, 2.24) is 4.90 Å². The summed E-state index contributed by atoms with van der Waals surface area (Å²) in [5, 5.41) is 4.61. The van der Waals surface area contributed by atoms with E-state index in [0.29, 0.717) is 37.6 Å². The van der Waals surface area contributed by atoms with Gasteiger partial charge < -0.3 is 15.1 Å². The molecule has 2 amide bonds. The van der Waals surface area contributed by atoms with Crippen LogP contribution in [0.5, 0.6) is 0 Å². The van der Waals surface area contributed by atoms with Crippen LogP contribution < -0.4 is 10.2 Å². The zero-order valence-corrected chi connectivity index (χ0v) is 15.3. The molecule has 1 N–H and O–H groups in total. The fourth-order valence-electron chi connectivity index (χ4n) is 3.51. The molecule has 6 heteroatoms. The molecule has 3 aromatic carbocycles. The minimum absolute atomic E-state index is 0.282. The molecule has 0 spiro atoms. The van der Waals surface area contributed by atoms with E-state index in [-0.39, 0.29) is 5.82 Å². The maximum Gasteiger partial charge on any atom is 0.313 e. The summed E-state index contributed by atoms with van der Waals surface area (Å²) < 4.78 is 13.9. The van der Waals surface area contributed by atoms with Crippen LogP contribution >= 0.6 is 0 Å². The highest BCUT2D eigenvalue weighted by atomic mass is 19.1. The van der Waals surface area contributed by atoms with Crippen molar-refractivity contribution in [1.29, 1.82) is 0 Å². The third-order valence-corrected chi connectivity index (χ3v) is 4.99. The molecule has 0 aromatic heterocycles. The number of nitrogens with zero attached hydrogens (tertiary/aromatic N) is 2. The first-order valence-electron chi connectivity index (χ1n) is 9.21. The van der Waals surface area contributed by atoms with Crippen LogP contribution in [0, 0.1) is 5.82 Å². The third-order valence-electron chi connectivity index (χ3n) is 4.99. The summed E-state index contributed by atoms with van der Waals surface area (Å²) in [5.74, 6) is -1.51. The minimum Gasteiger partial charge on any atom is -0.366 e. The summed E-state index contributed by atoms with van der Waals surface area (Å²) in [6.45, 7) is 1.70. The highest BCUT2D eigenvalue weighted by molar-refractivity contribution is 6.40. The smallest absolute Gasteiger partial charge is 0.313 e. The van der Waals surface area contributed by atoms with Crippen LogP contribution in [0.15, 0.2) is 66.7 Å². The highest BCUT2D eigenvalue weighted by Crippen LogP contribution is 2.23. The summed E-state index contributed by atoms with van der Waals surface area (Å²) in [6.07, 6.45) is 0. The second kappa shape index (κ2) is 7.68. The van der Waals surface area contributed by atoms with Crippen molar-refractivity contribution in [3.63, 3.8) is 0 Å². The number of hydrogen-bond acceptors (Lipinski definition) is 3. The number of carbonyl (C=O) groups excluding carboxylic acids is 2. The van der Waals surface area contributed by atoms with Gasteiger partial charge in [-0.15, -0.1) is 0 Å². The molecule has 0 bridgehead atoms. The molecule has 4 rings (SSSR count). The Labute approximate surface area is 162 Å². The number of rotatable bonds is 2. The fraction of sp³-hybridized carbons (Fsp3) is 0.182. The summed E-state index contributed by atoms with van der Waals surface area (Å²) in [4.78, 5) is 28.5. The summed E-state index contributed by atoms with van der Waals surface area (Å²) >= 11 is 0. The van der Waals surface area contributed by atoms with E-state index in [0.717, 1.165) is 10.8 Å². The molecule has 3 aromatic rings. The Kier molecular flexibility index (Phi) is 4.93. The first-order valence-corrected chi connectivity index (χ1v) is 9.21. The molecule has 28 heavy (non-hydrogen) atoms. The molecule has 0 saturated carbocycles. The second-order valence-electron chi connectivity index (χ2n) is 6.71. The molecule has 1 heterocycles. The molecule has 142 valence electrons. The largest absolute Gasteiger partial charge is 0.366 e. The topological polar surface area (TPSA) is 52.7 Å². The van der Waals surface area contributed by atoms with E-state index in [1.807, 2.05) is 41.3 Å². The van der Waals surface area contributed by atoms with E-state index in [2.05, 4.69) is 5.32 Å². The van der Waals surface area contributed by atoms with Gasteiger partial charge in [0.1, 0.15) is 5.82 Å². The monoisotopic (exact) mass is 377 g/mol. The molecule has 0 atom stereocenters. The van der Waals surface area contributed by atoms with Crippen molar-refractivity contribution >= 4 is 34.0 Å². The van der Waals surface area contributed by atoms with Crippen molar-refractivity contribution < 1.29 is 14.0 Å². The van der Waals surface area contributed by atoms with Crippen LogP contribution in [0.25, 0.3) is 10.8 Å². The molecule has 5 nitrogen and oxygen atoms in total. The Morgan fingerprint density at radius 3 is 2.29 bits per heavy atom. The van der Waals surface area contributed by atoms with E-state index in [9.17, 15) is 14.0 Å². The molecule has 1 aliphatic rings. The zero-order chi connectivity index (χ0) is 19.5. The number of hydrogen-bond donors (Lipinski definition) is 1. The van der Waals surface area contributed by atoms with Crippen molar-refractivity contribution in [2.75, 3.05) is 36.4 Å². The number of fused-ring (bicyclic) bond motifs is 1. The number of halogens is 1. The molecule has 1 saturated heterocycles. The Bertz CT molecular complexity index is 1020. The Balaban J connectivity index is 1.41. The number of anilines is 2. The predicted octanol–water partition coefficient (Wildman–Crippen LogP) is 3.27. The Morgan fingerprint density at radius 2 is 1.50 bits per heavy atom. The van der Waals surface area contributed by atoms with E-state index in [1.54, 1.807) is 24.3 Å². The Morgan fingerprint density at radius 1 is 0.821 bits per heavy atom. The lowest BCUT2D eigenvalue weighted by molar-refractivity contribution is -0.143. The fourth-order valence-corrected chi connectivity index (χ4v) is 3.51. The molecule has 0 unspecified atom stereocenters. The average Bonchev–Trinajstić information content (AvgIpc) is 2.74. The van der Waals surface area contributed by atoms with Crippen LogP contribution in [0.3, 0.4) is 0 Å². The molecule has 1 fully saturated rings. The first kappa shape index (κ1) is 18.0. The van der Waals surface area contributed by atoms with Gasteiger partial charge >= 0.3 is 11.8 Å². The van der Waals surface area contributed by atoms with Crippen molar-refractivity contribution in [3.05, 3.63) is 72.5 Å². The van der Waals surface area contributed by atoms with Gasteiger partial charge in [-0.3, -0.25) is 9.59 Å². The maximum absolute atomic E-state index is 13.9. The van der Waals surface area contributed by atoms with Crippen molar-refractivity contribution in [2.45, 2.75) is 0 Å². The number of benzene rings is 3. The van der Waals surface area contributed by atoms with Crippen molar-refractivity contribution in [2.24, 2.45) is 0 Å². The van der Waals surface area contributed by atoms with Gasteiger partial charge in [0, 0.05) is 37.3 Å². The van der Waals surface area contributed by atoms with Crippen LogP contribution in [0.1, 0.15) is 0 Å². The first-order chi connectivity index (χ1) is 13.6. The number of amides is 2. The number of piperazine rings is 1. The van der Waals surface area contributed by atoms with Gasteiger partial charge in [-0.25, -0.2) is 4.39 Å². The van der Waals surface area contributed by atoms with Gasteiger partial charge in [-0.2, -0.15) is 0 Å². The predicted molar refractivity (Wildman–Crippen MR) is 108 cm³/mol. The van der Waals surface area contributed by atoms with Gasteiger partial charge in [-0.1, -0.05) is 48.5 Å². The van der Waals surface area contributed by atoms with E-state index in [1.165, 1.54) is 11.0 Å². The van der Waals surface area contributed by atoms with Crippen LogP contribution in [-0.4, -0.2) is 42.9 Å². The van der Waals surface area contributed by atoms with Gasteiger partial charge in [0.15, 0.2) is 0 Å². The second-order valence-corrected chi connectivity index (χ2v) is 6.71. The SMILES string of the molecule is O=C(Nc1cccc2ccccc12)C(=O)N1CCN(c2ccccc2F)CC1. The lowest BCUT2D eigenvalue weighted by Gasteiger charge is -2.35. The number of para-hydroxylation sites is 1. The van der Waals surface area contributed by atoms with Gasteiger partial charge in [-0.05, 0) is 23.6 Å². The van der Waals surface area contributed by atoms with E-state index < -0.39 is 11.8 Å². The third kappa shape index (κ3) is 3.53. The van der Waals surface area contributed by atoms with E-state index in [4.69, 9.17) is 0 Å². The summed E-state index contributed by atoms with van der Waals surface area (Å²) in [6, 6.07) is 19.8. The van der Waals surface area contributed by atoms with Crippen LogP contribution in [-0.2, 0) is 9.59 Å². The van der Waals surface area contributed by atoms with Gasteiger partial charge in [0.25, 0.3) is 0 Å². The zero-order valence-electron chi connectivity index (χ0n) is 15.3. The highest BCUT2D eigenvalue weighted by Gasteiger charge is 2.27. The number of nitrogens with one attached hydrogen (secondary N) is 1. The molecule has 0 aliphatic carbocycles. The maximum atomic E-state index is 13.9. The minimum atomic E-state index is -0.657. The lowest BCUT2D eigenvalue weighted by atomic mass is 10.1. The van der Waals surface area contributed by atoms with Crippen molar-refractivity contribution in [3.8, 4) is 0 Å². The quantitative estimate of drug-likeness (QED) is 0.698. The molecular weight excluding hydrogens is 357 g/mol. The van der Waals surface area contributed by atoms with Gasteiger partial charge in [0.2, 0.25) is 0 Å². The molecular formula is C22H20FN3O2. The van der Waals surface area contributed by atoms with E-state index >= 15 is 0 Å². The lowest BCUT2D eigenvalue weighted by Crippen LogP contribution is -2.51. The average molecular weight is 377 g/mol. The number of carbonyl (C=O) groups is 2. The van der Waals surface area contributed by atoms with Crippen LogP contribution in [0.4, 0.5) is 15.8 Å².